The molecule has 8 nitrogen and oxygen atoms in total. The number of carbonyl (C=O) groups is 2. The molecule has 3 aromatic rings. The van der Waals surface area contributed by atoms with E-state index in [9.17, 15) is 14.7 Å². The van der Waals surface area contributed by atoms with Gasteiger partial charge in [-0.25, -0.2) is 9.79 Å². The molecule has 3 heterocycles. The molecule has 0 unspecified atom stereocenters. The summed E-state index contributed by atoms with van der Waals surface area (Å²) in [6.07, 6.45) is 4.29. The number of benzene rings is 3. The van der Waals surface area contributed by atoms with Gasteiger partial charge in [-0.05, 0) is 67.1 Å². The lowest BCUT2D eigenvalue weighted by molar-refractivity contribution is -0.505. The summed E-state index contributed by atoms with van der Waals surface area (Å²) in [5.74, 6) is -0.159. The second-order valence-electron chi connectivity index (χ2n) is 9.91. The van der Waals surface area contributed by atoms with Crippen molar-refractivity contribution in [3.8, 4) is 17.2 Å². The van der Waals surface area contributed by atoms with Crippen molar-refractivity contribution in [2.24, 2.45) is 0 Å². The van der Waals surface area contributed by atoms with Crippen molar-refractivity contribution in [1.82, 2.24) is 0 Å². The van der Waals surface area contributed by atoms with Crippen LogP contribution < -0.4 is 30.4 Å². The first kappa shape index (κ1) is 24.0. The molecule has 4 N–H and O–H groups in total. The summed E-state index contributed by atoms with van der Waals surface area (Å²) >= 11 is 0. The van der Waals surface area contributed by atoms with Crippen LogP contribution in [0, 0.1) is 0 Å². The smallest absolute Gasteiger partial charge is 0.336 e. The van der Waals surface area contributed by atoms with E-state index in [4.69, 9.17) is 14.6 Å². The number of anilines is 1. The van der Waals surface area contributed by atoms with E-state index in [2.05, 4.69) is 22.4 Å². The molecule has 0 aromatic heterocycles. The van der Waals surface area contributed by atoms with Crippen LogP contribution in [0.5, 0.6) is 17.2 Å². The zero-order valence-corrected chi connectivity index (χ0v) is 20.9. The minimum Gasteiger partial charge on any atom is -0.494 e. The number of carboxylic acids is 2. The first-order valence-electron chi connectivity index (χ1n) is 13.1. The van der Waals surface area contributed by atoms with E-state index in [0.717, 1.165) is 66.2 Å². The second-order valence-corrected chi connectivity index (χ2v) is 9.91. The number of carboxylic acid groups (broad SMARTS) is 2. The van der Waals surface area contributed by atoms with Crippen molar-refractivity contribution >= 4 is 23.2 Å². The summed E-state index contributed by atoms with van der Waals surface area (Å²) in [7, 11) is 0. The average Bonchev–Trinajstić information content (AvgIpc) is 2.92. The number of aliphatic carboxylic acids is 1. The first-order chi connectivity index (χ1) is 18.5. The molecule has 0 saturated carbocycles. The van der Waals surface area contributed by atoms with Crippen LogP contribution in [-0.4, -0.2) is 41.8 Å². The fourth-order valence-electron chi connectivity index (χ4n) is 5.53. The topological polar surface area (TPSA) is 119 Å². The third-order valence-corrected chi connectivity index (χ3v) is 7.34. The number of hydrogen-bond acceptors (Lipinski definition) is 5. The number of hydrogen-bond donors (Lipinski definition) is 4. The maximum atomic E-state index is 12.5. The van der Waals surface area contributed by atoms with Gasteiger partial charge < -0.3 is 25.0 Å². The highest BCUT2D eigenvalue weighted by molar-refractivity contribution is 5.99. The van der Waals surface area contributed by atoms with Gasteiger partial charge in [0.05, 0.1) is 18.2 Å². The lowest BCUT2D eigenvalue weighted by Gasteiger charge is -2.26. The zero-order chi connectivity index (χ0) is 26.2. The van der Waals surface area contributed by atoms with Crippen molar-refractivity contribution in [3.05, 3.63) is 80.9 Å². The Bertz CT molecular complexity index is 1590. The van der Waals surface area contributed by atoms with E-state index in [1.807, 2.05) is 12.1 Å². The van der Waals surface area contributed by atoms with Gasteiger partial charge in [-0.3, -0.25) is 4.79 Å². The molecular formula is C30H29N2O6+. The van der Waals surface area contributed by atoms with Crippen LogP contribution >= 0.6 is 0 Å². The molecule has 194 valence electrons. The van der Waals surface area contributed by atoms with Crippen molar-refractivity contribution in [3.63, 3.8) is 0 Å². The van der Waals surface area contributed by atoms with Gasteiger partial charge in [0.25, 0.3) is 0 Å². The van der Waals surface area contributed by atoms with Crippen LogP contribution in [-0.2, 0) is 17.6 Å². The lowest BCUT2D eigenvalue weighted by Crippen LogP contribution is -2.79. The Labute approximate surface area is 219 Å². The summed E-state index contributed by atoms with van der Waals surface area (Å²) in [4.78, 5) is 26.8. The van der Waals surface area contributed by atoms with Gasteiger partial charge in [0.15, 0.2) is 0 Å². The largest absolute Gasteiger partial charge is 0.494 e. The molecule has 0 spiro atoms. The highest BCUT2D eigenvalue weighted by Gasteiger charge is 2.28. The van der Waals surface area contributed by atoms with Crippen molar-refractivity contribution in [1.29, 1.82) is 0 Å². The van der Waals surface area contributed by atoms with Gasteiger partial charge in [-0.2, -0.15) is 0 Å². The molecule has 8 heteroatoms. The van der Waals surface area contributed by atoms with Gasteiger partial charge in [0.2, 0.25) is 5.36 Å². The van der Waals surface area contributed by atoms with Crippen LogP contribution in [0.1, 0.15) is 58.3 Å². The number of ether oxygens (including phenoxy) is 2. The average molecular weight is 514 g/mol. The molecule has 38 heavy (non-hydrogen) atoms. The summed E-state index contributed by atoms with van der Waals surface area (Å²) in [5.41, 5.74) is 5.86. The number of aryl methyl sites for hydroxylation is 2. The first-order valence-corrected chi connectivity index (χ1v) is 13.1. The van der Waals surface area contributed by atoms with Crippen LogP contribution in [0.4, 0.5) is 5.69 Å². The van der Waals surface area contributed by atoms with Crippen LogP contribution in [0.3, 0.4) is 0 Å². The Morgan fingerprint density at radius 3 is 2.68 bits per heavy atom. The van der Waals surface area contributed by atoms with E-state index in [1.54, 1.807) is 12.1 Å². The van der Waals surface area contributed by atoms with E-state index >= 15 is 0 Å². The predicted octanol–water partition coefficient (Wildman–Crippen LogP) is 1.99. The lowest BCUT2D eigenvalue weighted by atomic mass is 9.86. The Morgan fingerprint density at radius 1 is 0.974 bits per heavy atom. The minimum absolute atomic E-state index is 0.00623. The molecule has 6 rings (SSSR count). The van der Waals surface area contributed by atoms with Crippen LogP contribution in [0.25, 0.3) is 5.57 Å². The van der Waals surface area contributed by atoms with Crippen molar-refractivity contribution in [2.45, 2.75) is 38.5 Å². The monoisotopic (exact) mass is 513 g/mol. The second kappa shape index (κ2) is 9.85. The fourth-order valence-corrected chi connectivity index (χ4v) is 5.53. The Balaban J connectivity index is 1.54. The van der Waals surface area contributed by atoms with Crippen molar-refractivity contribution < 1.29 is 34.3 Å². The van der Waals surface area contributed by atoms with E-state index in [0.29, 0.717) is 29.2 Å². The van der Waals surface area contributed by atoms with Gasteiger partial charge >= 0.3 is 11.9 Å². The summed E-state index contributed by atoms with van der Waals surface area (Å²) in [5, 5.41) is 24.5. The fraction of sp³-hybridized carbons (Fsp3) is 0.300. The summed E-state index contributed by atoms with van der Waals surface area (Å²) in [6, 6.07) is 13.4. The third-order valence-electron chi connectivity index (χ3n) is 7.34. The Hall–Kier alpha value is -4.33. The van der Waals surface area contributed by atoms with E-state index in [-0.39, 0.29) is 18.6 Å². The highest BCUT2D eigenvalue weighted by Crippen LogP contribution is 2.41. The summed E-state index contributed by atoms with van der Waals surface area (Å²) < 4.78 is 12.1. The minimum atomic E-state index is -1.06. The van der Waals surface area contributed by atoms with E-state index in [1.165, 1.54) is 17.2 Å². The molecule has 0 fully saturated rings. The van der Waals surface area contributed by atoms with Crippen LogP contribution in [0.15, 0.2) is 42.5 Å². The molecule has 3 aliphatic rings. The normalized spacial score (nSPS) is 15.0. The van der Waals surface area contributed by atoms with Crippen molar-refractivity contribution in [2.75, 3.05) is 25.0 Å². The molecule has 0 atom stereocenters. The van der Waals surface area contributed by atoms with Gasteiger partial charge in [0.1, 0.15) is 23.8 Å². The maximum absolute atomic E-state index is 12.5. The molecule has 0 radical (unpaired) electrons. The molecular weight excluding hydrogens is 484 g/mol. The quantitative estimate of drug-likeness (QED) is 0.279. The molecule has 3 aromatic carbocycles. The SMILES string of the molecule is O=C(O)CCCOc1ccc(C2=c3cc4c(cc3Oc3cc5c(cc32)CCCN5)=[NH+]CCC4)c(C(=O)O)c1. The number of nitrogens with one attached hydrogen (secondary N) is 2. The Morgan fingerprint density at radius 2 is 1.84 bits per heavy atom. The number of fused-ring (bicyclic) bond motifs is 4. The molecule has 3 aliphatic heterocycles. The van der Waals surface area contributed by atoms with Gasteiger partial charge in [-0.15, -0.1) is 0 Å². The predicted molar refractivity (Wildman–Crippen MR) is 140 cm³/mol. The maximum Gasteiger partial charge on any atom is 0.336 e. The molecule has 0 bridgehead atoms. The van der Waals surface area contributed by atoms with Gasteiger partial charge in [-0.1, -0.05) is 0 Å². The number of rotatable bonds is 7. The molecule has 0 saturated heterocycles. The zero-order valence-electron chi connectivity index (χ0n) is 20.9. The van der Waals surface area contributed by atoms with Crippen LogP contribution in [0.2, 0.25) is 0 Å². The molecule has 0 aliphatic carbocycles. The summed E-state index contributed by atoms with van der Waals surface area (Å²) in [6.45, 7) is 2.01. The Kier molecular flexibility index (Phi) is 6.23. The van der Waals surface area contributed by atoms with Gasteiger partial charge in [0, 0.05) is 53.1 Å². The standard InChI is InChI=1S/C30H28N2O6/c33-28(34)6-3-11-37-19-7-8-20(21(14-19)30(35)36)29-22-12-17-4-1-9-31-24(17)15-26(22)38-27-16-25-18(13-23(27)29)5-2-10-32-25/h7-8,12-16,31H,1-6,9-11H2,(H,33,34)(H,35,36)/p+1. The number of aromatic carboxylic acids is 1. The highest BCUT2D eigenvalue weighted by atomic mass is 16.5. The van der Waals surface area contributed by atoms with E-state index < -0.39 is 11.9 Å². The third kappa shape index (κ3) is 4.47. The molecule has 0 amide bonds.